The first-order valence-electron chi connectivity index (χ1n) is 12.0. The lowest BCUT2D eigenvalue weighted by Crippen LogP contribution is -2.52. The molecule has 0 bridgehead atoms. The molecule has 8 heteroatoms. The number of rotatable bonds is 8. The van der Waals surface area contributed by atoms with Gasteiger partial charge in [-0.3, -0.25) is 4.79 Å². The maximum Gasteiger partial charge on any atom is 0.319 e. The molecule has 188 valence electrons. The smallest absolute Gasteiger partial charge is 0.319 e. The number of aliphatic hydroxyl groups is 1. The lowest BCUT2D eigenvalue weighted by molar-refractivity contribution is -0.126. The predicted molar refractivity (Wildman–Crippen MR) is 139 cm³/mol. The molecule has 1 aliphatic heterocycles. The fourth-order valence-electron chi connectivity index (χ4n) is 4.28. The Hall–Kier alpha value is -3.88. The van der Waals surface area contributed by atoms with E-state index in [4.69, 9.17) is 9.47 Å². The van der Waals surface area contributed by atoms with Crippen LogP contribution in [0.3, 0.4) is 0 Å². The minimum atomic E-state index is -0.599. The van der Waals surface area contributed by atoms with Crippen molar-refractivity contribution in [1.29, 1.82) is 0 Å². The number of aliphatic hydroxyl groups excluding tert-OH is 1. The summed E-state index contributed by atoms with van der Waals surface area (Å²) in [5, 5.41) is 18.4. The molecule has 8 nitrogen and oxygen atoms in total. The Morgan fingerprint density at radius 1 is 0.917 bits per heavy atom. The van der Waals surface area contributed by atoms with Crippen LogP contribution in [0.4, 0.5) is 16.2 Å². The molecule has 3 aromatic rings. The third kappa shape index (κ3) is 6.84. The minimum Gasteiger partial charge on any atom is -0.497 e. The first-order valence-corrected chi connectivity index (χ1v) is 12.0. The number of hydrogen-bond acceptors (Lipinski definition) is 5. The van der Waals surface area contributed by atoms with Crippen molar-refractivity contribution in [3.05, 3.63) is 78.9 Å². The van der Waals surface area contributed by atoms with Gasteiger partial charge in [-0.2, -0.15) is 0 Å². The first-order chi connectivity index (χ1) is 17.5. The van der Waals surface area contributed by atoms with E-state index in [-0.39, 0.29) is 31.1 Å². The van der Waals surface area contributed by atoms with E-state index in [1.807, 2.05) is 54.6 Å². The zero-order chi connectivity index (χ0) is 25.3. The zero-order valence-electron chi connectivity index (χ0n) is 20.1. The van der Waals surface area contributed by atoms with E-state index in [0.717, 1.165) is 11.1 Å². The first kappa shape index (κ1) is 25.2. The number of methoxy groups -OCH3 is 1. The maximum atomic E-state index is 12.6. The van der Waals surface area contributed by atoms with Gasteiger partial charge in [-0.05, 0) is 48.2 Å². The van der Waals surface area contributed by atoms with Crippen LogP contribution in [0, 0.1) is 0 Å². The second-order valence-electron chi connectivity index (χ2n) is 8.69. The van der Waals surface area contributed by atoms with Crippen LogP contribution in [0.1, 0.15) is 19.3 Å². The Balaban J connectivity index is 1.25. The van der Waals surface area contributed by atoms with Crippen LogP contribution >= 0.6 is 0 Å². The van der Waals surface area contributed by atoms with Crippen LogP contribution < -0.4 is 20.7 Å². The molecule has 4 N–H and O–H groups in total. The van der Waals surface area contributed by atoms with Crippen molar-refractivity contribution < 1.29 is 24.2 Å². The quantitative estimate of drug-likeness (QED) is 0.375. The van der Waals surface area contributed by atoms with E-state index in [1.165, 1.54) is 0 Å². The van der Waals surface area contributed by atoms with Crippen LogP contribution in [0.2, 0.25) is 0 Å². The molecule has 0 spiro atoms. The van der Waals surface area contributed by atoms with Crippen molar-refractivity contribution >= 4 is 23.3 Å². The Labute approximate surface area is 210 Å². The SMILES string of the molecule is COc1cccc(NC(=O)N[C@@H]2CC[C@H](CC(=O)Nc3ccc(-c4ccccc4)cc3)O[C@H]2CO)c1. The average Bonchev–Trinajstić information content (AvgIpc) is 2.90. The van der Waals surface area contributed by atoms with Gasteiger partial charge in [-0.1, -0.05) is 48.5 Å². The van der Waals surface area contributed by atoms with E-state index >= 15 is 0 Å². The molecule has 3 atom stereocenters. The van der Waals surface area contributed by atoms with E-state index in [2.05, 4.69) is 16.0 Å². The highest BCUT2D eigenvalue weighted by atomic mass is 16.5. The molecule has 0 saturated carbocycles. The molecule has 3 amide bonds. The number of amides is 3. The number of benzene rings is 3. The molecule has 0 unspecified atom stereocenters. The summed E-state index contributed by atoms with van der Waals surface area (Å²) in [6, 6.07) is 24.0. The monoisotopic (exact) mass is 489 g/mol. The maximum absolute atomic E-state index is 12.6. The summed E-state index contributed by atoms with van der Waals surface area (Å²) in [5.74, 6) is 0.474. The van der Waals surface area contributed by atoms with Crippen molar-refractivity contribution in [1.82, 2.24) is 5.32 Å². The summed E-state index contributed by atoms with van der Waals surface area (Å²) in [6.45, 7) is -0.261. The molecule has 1 heterocycles. The molecule has 1 saturated heterocycles. The molecule has 1 aliphatic rings. The van der Waals surface area contributed by atoms with Crippen LogP contribution in [-0.2, 0) is 9.53 Å². The van der Waals surface area contributed by atoms with Crippen molar-refractivity contribution in [3.8, 4) is 16.9 Å². The molecule has 0 radical (unpaired) electrons. The van der Waals surface area contributed by atoms with Crippen molar-refractivity contribution in [2.75, 3.05) is 24.4 Å². The fraction of sp³-hybridized carbons (Fsp3) is 0.286. The van der Waals surface area contributed by atoms with E-state index in [0.29, 0.717) is 30.0 Å². The number of nitrogens with one attached hydrogen (secondary N) is 3. The molecular weight excluding hydrogens is 458 g/mol. The third-order valence-corrected chi connectivity index (χ3v) is 6.13. The average molecular weight is 490 g/mol. The number of anilines is 2. The van der Waals surface area contributed by atoms with E-state index in [1.54, 1.807) is 31.4 Å². The topological polar surface area (TPSA) is 109 Å². The molecule has 36 heavy (non-hydrogen) atoms. The zero-order valence-corrected chi connectivity index (χ0v) is 20.1. The highest BCUT2D eigenvalue weighted by molar-refractivity contribution is 5.91. The number of urea groups is 1. The highest BCUT2D eigenvalue weighted by Gasteiger charge is 2.33. The largest absolute Gasteiger partial charge is 0.497 e. The van der Waals surface area contributed by atoms with Gasteiger partial charge in [0.2, 0.25) is 5.91 Å². The predicted octanol–water partition coefficient (Wildman–Crippen LogP) is 4.42. The van der Waals surface area contributed by atoms with Crippen LogP contribution in [0.5, 0.6) is 5.75 Å². The van der Waals surface area contributed by atoms with E-state index in [9.17, 15) is 14.7 Å². The molecule has 4 rings (SSSR count). The second-order valence-corrected chi connectivity index (χ2v) is 8.69. The van der Waals surface area contributed by atoms with Crippen molar-refractivity contribution in [2.45, 2.75) is 37.5 Å². The summed E-state index contributed by atoms with van der Waals surface area (Å²) in [7, 11) is 1.56. The lowest BCUT2D eigenvalue weighted by atomic mass is 9.97. The summed E-state index contributed by atoms with van der Waals surface area (Å²) < 4.78 is 11.1. The Kier molecular flexibility index (Phi) is 8.54. The standard InChI is InChI=1S/C28H31N3O5/c1-35-23-9-5-8-22(16-23)30-28(34)31-25-15-14-24(36-26(25)18-32)17-27(33)29-21-12-10-20(11-13-21)19-6-3-2-4-7-19/h2-13,16,24-26,32H,14-15,17-18H2,1H3,(H,29,33)(H2,30,31,34)/t24-,25-,26+/m1/s1. The normalized spacial score (nSPS) is 19.2. The second kappa shape index (κ2) is 12.2. The Morgan fingerprint density at radius 2 is 1.67 bits per heavy atom. The van der Waals surface area contributed by atoms with Gasteiger partial charge in [0.15, 0.2) is 0 Å². The molecule has 3 aromatic carbocycles. The summed E-state index contributed by atoms with van der Waals surface area (Å²) in [6.07, 6.45) is 0.393. The van der Waals surface area contributed by atoms with Crippen LogP contribution in [-0.4, -0.2) is 49.0 Å². The van der Waals surface area contributed by atoms with Crippen LogP contribution in [0.25, 0.3) is 11.1 Å². The van der Waals surface area contributed by atoms with E-state index < -0.39 is 12.1 Å². The van der Waals surface area contributed by atoms with Gasteiger partial charge in [0.25, 0.3) is 0 Å². The fourth-order valence-corrected chi connectivity index (χ4v) is 4.28. The summed E-state index contributed by atoms with van der Waals surface area (Å²) in [4.78, 5) is 25.1. The van der Waals surface area contributed by atoms with Gasteiger partial charge >= 0.3 is 6.03 Å². The Morgan fingerprint density at radius 3 is 2.39 bits per heavy atom. The van der Waals surface area contributed by atoms with Gasteiger partial charge in [-0.15, -0.1) is 0 Å². The summed E-state index contributed by atoms with van der Waals surface area (Å²) >= 11 is 0. The molecular formula is C28H31N3O5. The number of carbonyl (C=O) groups is 2. The number of ether oxygens (including phenoxy) is 2. The van der Waals surface area contributed by atoms with Gasteiger partial charge < -0.3 is 30.5 Å². The minimum absolute atomic E-state index is 0.161. The van der Waals surface area contributed by atoms with Gasteiger partial charge in [0.1, 0.15) is 11.9 Å². The third-order valence-electron chi connectivity index (χ3n) is 6.13. The van der Waals surface area contributed by atoms with Gasteiger partial charge in [-0.25, -0.2) is 4.79 Å². The highest BCUT2D eigenvalue weighted by Crippen LogP contribution is 2.24. The van der Waals surface area contributed by atoms with Crippen molar-refractivity contribution in [2.24, 2.45) is 0 Å². The number of carbonyl (C=O) groups excluding carboxylic acids is 2. The van der Waals surface area contributed by atoms with Gasteiger partial charge in [0, 0.05) is 17.4 Å². The molecule has 1 fully saturated rings. The Bertz CT molecular complexity index is 1150. The lowest BCUT2D eigenvalue weighted by Gasteiger charge is -2.35. The van der Waals surface area contributed by atoms with Crippen LogP contribution in [0.15, 0.2) is 78.9 Å². The number of hydrogen-bond donors (Lipinski definition) is 4. The summed E-state index contributed by atoms with van der Waals surface area (Å²) in [5.41, 5.74) is 3.49. The van der Waals surface area contributed by atoms with Crippen molar-refractivity contribution in [3.63, 3.8) is 0 Å². The molecule has 0 aromatic heterocycles. The molecule has 0 aliphatic carbocycles. The van der Waals surface area contributed by atoms with Gasteiger partial charge in [0.05, 0.1) is 32.3 Å².